The van der Waals surface area contributed by atoms with E-state index >= 15 is 0 Å². The van der Waals surface area contributed by atoms with Crippen molar-refractivity contribution in [3.05, 3.63) is 89.9 Å². The highest BCUT2D eigenvalue weighted by molar-refractivity contribution is 5.98. The van der Waals surface area contributed by atoms with Crippen molar-refractivity contribution in [2.75, 3.05) is 31.1 Å². The number of ether oxygens (including phenoxy) is 1. The van der Waals surface area contributed by atoms with E-state index in [9.17, 15) is 19.1 Å². The second-order valence-electron chi connectivity index (χ2n) is 10.1. The molecule has 0 atom stereocenters. The van der Waals surface area contributed by atoms with Crippen LogP contribution in [-0.4, -0.2) is 52.9 Å². The zero-order chi connectivity index (χ0) is 27.5. The first-order valence-corrected chi connectivity index (χ1v) is 13.2. The molecule has 4 aromatic rings. The van der Waals surface area contributed by atoms with E-state index in [0.717, 1.165) is 28.6 Å². The van der Waals surface area contributed by atoms with Gasteiger partial charge in [0.2, 0.25) is 0 Å². The third-order valence-electron chi connectivity index (χ3n) is 7.19. The summed E-state index contributed by atoms with van der Waals surface area (Å²) in [5.41, 5.74) is 4.38. The molecule has 8 heteroatoms. The molecule has 1 N–H and O–H groups in total. The van der Waals surface area contributed by atoms with Crippen molar-refractivity contribution >= 4 is 28.7 Å². The highest BCUT2D eigenvalue weighted by Gasteiger charge is 2.23. The van der Waals surface area contributed by atoms with Crippen LogP contribution in [0.1, 0.15) is 42.2 Å². The van der Waals surface area contributed by atoms with Crippen molar-refractivity contribution in [2.24, 2.45) is 0 Å². The van der Waals surface area contributed by atoms with E-state index in [1.54, 1.807) is 23.1 Å². The summed E-state index contributed by atoms with van der Waals surface area (Å²) in [5, 5.41) is 10.2. The molecule has 0 unspecified atom stereocenters. The lowest BCUT2D eigenvalue weighted by atomic mass is 9.98. The van der Waals surface area contributed by atoms with Crippen LogP contribution in [0, 0.1) is 5.82 Å². The summed E-state index contributed by atoms with van der Waals surface area (Å²) in [6, 6.07) is 19.4. The van der Waals surface area contributed by atoms with Crippen LogP contribution in [0.4, 0.5) is 14.9 Å². The molecule has 7 nitrogen and oxygen atoms in total. The Labute approximate surface area is 227 Å². The summed E-state index contributed by atoms with van der Waals surface area (Å²) < 4.78 is 22.7. The summed E-state index contributed by atoms with van der Waals surface area (Å²) in [5.74, 6) is -1.26. The zero-order valence-electron chi connectivity index (χ0n) is 22.1. The highest BCUT2D eigenvalue weighted by atomic mass is 19.1. The lowest BCUT2D eigenvalue weighted by Gasteiger charge is -2.22. The van der Waals surface area contributed by atoms with E-state index in [1.165, 1.54) is 18.2 Å². The number of amides is 1. The third kappa shape index (κ3) is 5.52. The van der Waals surface area contributed by atoms with Crippen LogP contribution in [-0.2, 0) is 11.3 Å². The number of halogens is 1. The lowest BCUT2D eigenvalue weighted by Crippen LogP contribution is -2.32. The molecule has 1 saturated heterocycles. The molecule has 0 spiro atoms. The average molecular weight is 530 g/mol. The molecule has 3 aromatic carbocycles. The van der Waals surface area contributed by atoms with Gasteiger partial charge in [0.1, 0.15) is 12.4 Å². The summed E-state index contributed by atoms with van der Waals surface area (Å²) in [7, 11) is 0. The maximum absolute atomic E-state index is 14.9. The van der Waals surface area contributed by atoms with E-state index < -0.39 is 12.1 Å². The number of rotatable bonds is 6. The van der Waals surface area contributed by atoms with Crippen molar-refractivity contribution in [1.29, 1.82) is 0 Å². The van der Waals surface area contributed by atoms with Gasteiger partial charge in [-0.05, 0) is 67.8 Å². The van der Waals surface area contributed by atoms with Gasteiger partial charge in [-0.1, -0.05) is 30.3 Å². The van der Waals surface area contributed by atoms with Crippen molar-refractivity contribution < 1.29 is 23.8 Å². The molecule has 0 bridgehead atoms. The molecule has 5 rings (SSSR count). The fraction of sp³-hybridized carbons (Fsp3) is 0.290. The SMILES string of the molecule is CC(C)n1cc(CN2CCCN(c3ccc(C(=O)O)cc3)C(=O)OCC2)c2c(-c3ccccc3F)cccc21. The molecule has 0 radical (unpaired) electrons. The van der Waals surface area contributed by atoms with Crippen molar-refractivity contribution in [3.63, 3.8) is 0 Å². The van der Waals surface area contributed by atoms with E-state index in [1.807, 2.05) is 24.3 Å². The molecular formula is C31H32FN3O4. The normalized spacial score (nSPS) is 15.2. The van der Waals surface area contributed by atoms with Crippen molar-refractivity contribution in [2.45, 2.75) is 32.9 Å². The predicted molar refractivity (Wildman–Crippen MR) is 150 cm³/mol. The number of carboxylic acid groups (broad SMARTS) is 1. The monoisotopic (exact) mass is 529 g/mol. The van der Waals surface area contributed by atoms with E-state index in [4.69, 9.17) is 4.74 Å². The van der Waals surface area contributed by atoms with E-state index in [0.29, 0.717) is 37.3 Å². The number of carbonyl (C=O) groups is 2. The summed E-state index contributed by atoms with van der Waals surface area (Å²) in [4.78, 5) is 27.8. The van der Waals surface area contributed by atoms with E-state index in [-0.39, 0.29) is 24.0 Å². The van der Waals surface area contributed by atoms with Crippen LogP contribution >= 0.6 is 0 Å². The summed E-state index contributed by atoms with van der Waals surface area (Å²) in [6.45, 7) is 6.87. The molecule has 2 heterocycles. The standard InChI is InChI=1S/C31H32FN3O4/c1-21(2)35-20-23(29-26(8-5-10-28(29)35)25-7-3-4-9-27(25)32)19-33-15-6-16-34(31(38)39-18-17-33)24-13-11-22(12-14-24)30(36)37/h3-5,7-14,20-21H,6,15-19H2,1-2H3,(H,36,37). The highest BCUT2D eigenvalue weighted by Crippen LogP contribution is 2.36. The molecule has 0 aliphatic carbocycles. The molecule has 202 valence electrons. The summed E-state index contributed by atoms with van der Waals surface area (Å²) in [6.07, 6.45) is 2.42. The van der Waals surface area contributed by atoms with Gasteiger partial charge in [0.05, 0.1) is 5.56 Å². The van der Waals surface area contributed by atoms with Gasteiger partial charge in [-0.15, -0.1) is 0 Å². The Morgan fingerprint density at radius 2 is 1.72 bits per heavy atom. The van der Waals surface area contributed by atoms with Gasteiger partial charge in [-0.25, -0.2) is 14.0 Å². The fourth-order valence-electron chi connectivity index (χ4n) is 5.26. The van der Waals surface area contributed by atoms with Gasteiger partial charge >= 0.3 is 12.1 Å². The van der Waals surface area contributed by atoms with Gasteiger partial charge in [-0.3, -0.25) is 9.80 Å². The Morgan fingerprint density at radius 3 is 2.44 bits per heavy atom. The topological polar surface area (TPSA) is 75.0 Å². The Bertz CT molecular complexity index is 1500. The van der Waals surface area contributed by atoms with Crippen LogP contribution < -0.4 is 4.90 Å². The number of hydrogen-bond acceptors (Lipinski definition) is 4. The average Bonchev–Trinajstić information content (AvgIpc) is 3.33. The molecule has 0 saturated carbocycles. The Hall–Kier alpha value is -4.17. The smallest absolute Gasteiger partial charge is 0.414 e. The van der Waals surface area contributed by atoms with Crippen LogP contribution in [0.15, 0.2) is 72.9 Å². The number of carboxylic acids is 1. The maximum Gasteiger partial charge on any atom is 0.414 e. The number of fused-ring (bicyclic) bond motifs is 1. The first-order valence-electron chi connectivity index (χ1n) is 13.2. The van der Waals surface area contributed by atoms with Crippen LogP contribution in [0.5, 0.6) is 0 Å². The number of benzene rings is 3. The van der Waals surface area contributed by atoms with Crippen LogP contribution in [0.25, 0.3) is 22.0 Å². The molecule has 1 amide bonds. The number of carbonyl (C=O) groups excluding carboxylic acids is 1. The minimum absolute atomic E-state index is 0.165. The van der Waals surface area contributed by atoms with Crippen LogP contribution in [0.3, 0.4) is 0 Å². The predicted octanol–water partition coefficient (Wildman–Crippen LogP) is 6.58. The van der Waals surface area contributed by atoms with Crippen molar-refractivity contribution in [1.82, 2.24) is 9.47 Å². The summed E-state index contributed by atoms with van der Waals surface area (Å²) >= 11 is 0. The van der Waals surface area contributed by atoms with Gasteiger partial charge in [0.25, 0.3) is 0 Å². The fourth-order valence-corrected chi connectivity index (χ4v) is 5.26. The molecule has 1 aliphatic rings. The van der Waals surface area contributed by atoms with Gasteiger partial charge in [0.15, 0.2) is 0 Å². The first-order chi connectivity index (χ1) is 18.8. The zero-order valence-corrected chi connectivity index (χ0v) is 22.1. The molecule has 1 fully saturated rings. The third-order valence-corrected chi connectivity index (χ3v) is 7.19. The number of cyclic esters (lactones) is 1. The number of nitrogens with zero attached hydrogens (tertiary/aromatic N) is 3. The largest absolute Gasteiger partial charge is 0.478 e. The van der Waals surface area contributed by atoms with Crippen LogP contribution in [0.2, 0.25) is 0 Å². The number of hydrogen-bond donors (Lipinski definition) is 1. The molecule has 39 heavy (non-hydrogen) atoms. The number of aromatic nitrogens is 1. The number of aromatic carboxylic acids is 1. The molecule has 1 aromatic heterocycles. The minimum Gasteiger partial charge on any atom is -0.478 e. The minimum atomic E-state index is -1.01. The van der Waals surface area contributed by atoms with Crippen molar-refractivity contribution in [3.8, 4) is 11.1 Å². The second kappa shape index (κ2) is 11.3. The Kier molecular flexibility index (Phi) is 7.65. The molecular weight excluding hydrogens is 497 g/mol. The Morgan fingerprint density at radius 1 is 0.974 bits per heavy atom. The van der Waals surface area contributed by atoms with Gasteiger partial charge in [-0.2, -0.15) is 0 Å². The lowest BCUT2D eigenvalue weighted by molar-refractivity contribution is 0.0697. The second-order valence-corrected chi connectivity index (χ2v) is 10.1. The maximum atomic E-state index is 14.9. The number of anilines is 1. The van der Waals surface area contributed by atoms with Gasteiger partial charge in [0, 0.05) is 60.6 Å². The quantitative estimate of drug-likeness (QED) is 0.306. The Balaban J connectivity index is 1.41. The van der Waals surface area contributed by atoms with E-state index in [2.05, 4.69) is 35.6 Å². The first kappa shape index (κ1) is 26.4. The molecule has 1 aliphatic heterocycles. The van der Waals surface area contributed by atoms with Gasteiger partial charge < -0.3 is 14.4 Å².